The highest BCUT2D eigenvalue weighted by Gasteiger charge is 2.35. The van der Waals surface area contributed by atoms with Crippen LogP contribution in [0.3, 0.4) is 0 Å². The van der Waals surface area contributed by atoms with Crippen molar-refractivity contribution in [1.82, 2.24) is 0 Å². The van der Waals surface area contributed by atoms with Crippen LogP contribution in [-0.2, 0) is 14.0 Å². The third kappa shape index (κ3) is 4.94. The van der Waals surface area contributed by atoms with Crippen LogP contribution in [-0.4, -0.2) is 27.1 Å². The van der Waals surface area contributed by atoms with E-state index in [9.17, 15) is 4.79 Å². The molecule has 0 aromatic heterocycles. The Balaban J connectivity index is 4.55. The second-order valence-corrected chi connectivity index (χ2v) is 8.88. The molecule has 0 radical (unpaired) electrons. The molecule has 1 atom stereocenters. The van der Waals surface area contributed by atoms with Gasteiger partial charge >= 0.3 is 5.97 Å². The average Bonchev–Trinajstić information content (AvgIpc) is 2.23. The van der Waals surface area contributed by atoms with E-state index in [0.717, 1.165) is 19.3 Å². The van der Waals surface area contributed by atoms with Crippen LogP contribution in [0, 0.1) is 0 Å². The summed E-state index contributed by atoms with van der Waals surface area (Å²) in [4.78, 5) is 11.5. The van der Waals surface area contributed by atoms with Crippen molar-refractivity contribution in [2.45, 2.75) is 51.9 Å². The van der Waals surface area contributed by atoms with Crippen LogP contribution < -0.4 is 0 Å². The van der Waals surface area contributed by atoms with Crippen molar-refractivity contribution in [3.8, 4) is 0 Å². The van der Waals surface area contributed by atoms with Gasteiger partial charge < -0.3 is 9.16 Å². The van der Waals surface area contributed by atoms with Crippen LogP contribution in [0.1, 0.15) is 33.1 Å². The van der Waals surface area contributed by atoms with E-state index in [4.69, 9.17) is 9.16 Å². The van der Waals surface area contributed by atoms with E-state index in [2.05, 4.69) is 26.6 Å². The number of hydrogen-bond donors (Lipinski definition) is 0. The normalized spacial score (nSPS) is 13.3. The van der Waals surface area contributed by atoms with Gasteiger partial charge in [-0.1, -0.05) is 26.3 Å². The second-order valence-electron chi connectivity index (χ2n) is 4.62. The molecule has 0 aromatic rings. The van der Waals surface area contributed by atoms with E-state index in [0.29, 0.717) is 5.57 Å². The van der Waals surface area contributed by atoms with Crippen LogP contribution in [0.25, 0.3) is 0 Å². The smallest absolute Gasteiger partial charge is 0.333 e. The van der Waals surface area contributed by atoms with Crippen molar-refractivity contribution in [2.24, 2.45) is 0 Å². The zero-order chi connectivity index (χ0) is 12.8. The molecule has 94 valence electrons. The van der Waals surface area contributed by atoms with Crippen molar-refractivity contribution in [3.05, 3.63) is 12.2 Å². The highest BCUT2D eigenvalue weighted by atomic mass is 28.4. The summed E-state index contributed by atoms with van der Waals surface area (Å²) < 4.78 is 11.0. The van der Waals surface area contributed by atoms with E-state index < -0.39 is 8.32 Å². The first kappa shape index (κ1) is 15.4. The minimum atomic E-state index is -1.94. The van der Waals surface area contributed by atoms with Gasteiger partial charge in [0.05, 0.1) is 0 Å². The van der Waals surface area contributed by atoms with Gasteiger partial charge in [-0.05, 0) is 26.4 Å². The Morgan fingerprint density at radius 2 is 2.00 bits per heavy atom. The summed E-state index contributed by atoms with van der Waals surface area (Å²) in [5.41, 5.74) is 0.365. The Hall–Kier alpha value is -0.613. The molecule has 0 aliphatic rings. The minimum absolute atomic E-state index is 0.0818. The predicted octanol–water partition coefficient (Wildman–Crippen LogP) is 3.06. The fraction of sp³-hybridized carbons (Fsp3) is 0.750. The minimum Gasteiger partial charge on any atom is -0.460 e. The summed E-state index contributed by atoms with van der Waals surface area (Å²) in [5, 5.41) is 0. The standard InChI is InChI=1S/C12H24O3Si/c1-7-8-9-11(16(5,6)14-4)15-12(13)10(2)3/h11H,2,7-9H2,1,3-6H3. The second kappa shape index (κ2) is 6.86. The Bertz CT molecular complexity index is 249. The maximum Gasteiger partial charge on any atom is 0.333 e. The van der Waals surface area contributed by atoms with Crippen LogP contribution in [0.2, 0.25) is 13.1 Å². The zero-order valence-electron chi connectivity index (χ0n) is 11.1. The lowest BCUT2D eigenvalue weighted by molar-refractivity contribution is -0.141. The van der Waals surface area contributed by atoms with E-state index >= 15 is 0 Å². The fourth-order valence-electron chi connectivity index (χ4n) is 1.30. The van der Waals surface area contributed by atoms with Gasteiger partial charge in [0.2, 0.25) is 8.32 Å². The highest BCUT2D eigenvalue weighted by Crippen LogP contribution is 2.19. The molecule has 3 nitrogen and oxygen atoms in total. The van der Waals surface area contributed by atoms with Crippen LogP contribution >= 0.6 is 0 Å². The number of carbonyl (C=O) groups is 1. The van der Waals surface area contributed by atoms with Gasteiger partial charge in [0, 0.05) is 12.7 Å². The van der Waals surface area contributed by atoms with Gasteiger partial charge in [-0.3, -0.25) is 0 Å². The summed E-state index contributed by atoms with van der Waals surface area (Å²) in [6.07, 6.45) is 3.02. The third-order valence-corrected chi connectivity index (χ3v) is 5.73. The first-order valence-corrected chi connectivity index (χ1v) is 8.75. The number of rotatable bonds is 7. The molecule has 1 unspecified atom stereocenters. The Morgan fingerprint density at radius 3 is 2.38 bits per heavy atom. The predicted molar refractivity (Wildman–Crippen MR) is 68.7 cm³/mol. The lowest BCUT2D eigenvalue weighted by atomic mass is 10.2. The Kier molecular flexibility index (Phi) is 6.60. The molecule has 0 saturated heterocycles. The summed E-state index contributed by atoms with van der Waals surface area (Å²) >= 11 is 0. The van der Waals surface area contributed by atoms with E-state index in [1.165, 1.54) is 0 Å². The lowest BCUT2D eigenvalue weighted by Gasteiger charge is -2.30. The summed E-state index contributed by atoms with van der Waals surface area (Å²) in [6, 6.07) is 0. The van der Waals surface area contributed by atoms with Crippen molar-refractivity contribution < 1.29 is 14.0 Å². The van der Waals surface area contributed by atoms with Gasteiger partial charge in [-0.2, -0.15) is 0 Å². The van der Waals surface area contributed by atoms with Crippen LogP contribution in [0.5, 0.6) is 0 Å². The van der Waals surface area contributed by atoms with Crippen molar-refractivity contribution in [2.75, 3.05) is 7.11 Å². The number of ether oxygens (including phenoxy) is 1. The molecule has 0 aliphatic heterocycles. The van der Waals surface area contributed by atoms with E-state index in [1.807, 2.05) is 0 Å². The van der Waals surface area contributed by atoms with Gasteiger partial charge in [-0.25, -0.2) is 4.79 Å². The van der Waals surface area contributed by atoms with E-state index in [-0.39, 0.29) is 11.7 Å². The van der Waals surface area contributed by atoms with Gasteiger partial charge in [-0.15, -0.1) is 0 Å². The lowest BCUT2D eigenvalue weighted by Crippen LogP contribution is -2.46. The quantitative estimate of drug-likeness (QED) is 0.392. The number of esters is 1. The molecule has 0 spiro atoms. The maximum absolute atomic E-state index is 11.5. The Morgan fingerprint density at radius 1 is 1.44 bits per heavy atom. The molecular weight excluding hydrogens is 220 g/mol. The Labute approximate surface area is 100.0 Å². The van der Waals surface area contributed by atoms with Crippen molar-refractivity contribution in [1.29, 1.82) is 0 Å². The monoisotopic (exact) mass is 244 g/mol. The largest absolute Gasteiger partial charge is 0.460 e. The average molecular weight is 244 g/mol. The molecule has 0 amide bonds. The molecular formula is C12H24O3Si. The molecule has 0 aliphatic carbocycles. The first-order chi connectivity index (χ1) is 7.35. The third-order valence-electron chi connectivity index (χ3n) is 2.72. The molecule has 0 saturated carbocycles. The van der Waals surface area contributed by atoms with Crippen LogP contribution in [0.15, 0.2) is 12.2 Å². The topological polar surface area (TPSA) is 35.5 Å². The van der Waals surface area contributed by atoms with Gasteiger partial charge in [0.15, 0.2) is 0 Å². The molecule has 0 N–H and O–H groups in total. The van der Waals surface area contributed by atoms with Crippen molar-refractivity contribution in [3.63, 3.8) is 0 Å². The SMILES string of the molecule is C=C(C)C(=O)OC(CCCC)[Si](C)(C)OC. The first-order valence-electron chi connectivity index (χ1n) is 5.76. The van der Waals surface area contributed by atoms with Crippen molar-refractivity contribution >= 4 is 14.3 Å². The van der Waals surface area contributed by atoms with Gasteiger partial charge in [0.1, 0.15) is 5.73 Å². The van der Waals surface area contributed by atoms with Crippen LogP contribution in [0.4, 0.5) is 0 Å². The number of hydrogen-bond acceptors (Lipinski definition) is 3. The van der Waals surface area contributed by atoms with Gasteiger partial charge in [0.25, 0.3) is 0 Å². The molecule has 0 fully saturated rings. The molecule has 0 heterocycles. The molecule has 4 heteroatoms. The summed E-state index contributed by atoms with van der Waals surface area (Å²) in [7, 11) is -0.243. The highest BCUT2D eigenvalue weighted by molar-refractivity contribution is 6.72. The number of unbranched alkanes of at least 4 members (excludes halogenated alkanes) is 1. The molecule has 0 aromatic carbocycles. The maximum atomic E-state index is 11.5. The summed E-state index contributed by atoms with van der Waals surface area (Å²) in [6.45, 7) is 11.5. The summed E-state index contributed by atoms with van der Waals surface area (Å²) in [5.74, 6) is -0.307. The zero-order valence-corrected chi connectivity index (χ0v) is 12.1. The number of carbonyl (C=O) groups excluding carboxylic acids is 1. The molecule has 16 heavy (non-hydrogen) atoms. The molecule has 0 bridgehead atoms. The molecule has 0 rings (SSSR count). The van der Waals surface area contributed by atoms with E-state index in [1.54, 1.807) is 14.0 Å². The fourth-order valence-corrected chi connectivity index (χ4v) is 2.85.